The average molecular weight is 210 g/mol. The van der Waals surface area contributed by atoms with E-state index >= 15 is 0 Å². The first-order chi connectivity index (χ1) is 6.54. The molecule has 1 atom stereocenters. The molecular formula is C9H17F3N2. The molecular weight excluding hydrogens is 193 g/mol. The Bertz CT molecular complexity index is 164. The first-order valence-corrected chi connectivity index (χ1v) is 5.07. The highest BCUT2D eigenvalue weighted by molar-refractivity contribution is 4.78. The minimum atomic E-state index is -4.22. The van der Waals surface area contributed by atoms with Crippen molar-refractivity contribution in [2.75, 3.05) is 0 Å². The maximum atomic E-state index is 12.3. The van der Waals surface area contributed by atoms with E-state index in [1.165, 1.54) is 0 Å². The van der Waals surface area contributed by atoms with E-state index in [0.717, 1.165) is 32.1 Å². The van der Waals surface area contributed by atoms with E-state index < -0.39 is 12.2 Å². The Morgan fingerprint density at radius 2 is 1.79 bits per heavy atom. The maximum Gasteiger partial charge on any atom is 0.405 e. The van der Waals surface area contributed by atoms with Crippen LogP contribution in [0.4, 0.5) is 13.2 Å². The van der Waals surface area contributed by atoms with Crippen LogP contribution in [0.1, 0.15) is 38.5 Å². The predicted octanol–water partition coefficient (Wildman–Crippen LogP) is 2.35. The number of halogens is 3. The van der Waals surface area contributed by atoms with Gasteiger partial charge in [0.15, 0.2) is 0 Å². The third kappa shape index (κ3) is 3.46. The SMILES string of the molecule is NNC(CC1CCCCC1)C(F)(F)F. The normalized spacial score (nSPS) is 22.3. The summed E-state index contributed by atoms with van der Waals surface area (Å²) in [6, 6.07) is -1.54. The van der Waals surface area contributed by atoms with Gasteiger partial charge in [0.05, 0.1) is 0 Å². The van der Waals surface area contributed by atoms with Crippen LogP contribution in [0.25, 0.3) is 0 Å². The number of hydrogen-bond acceptors (Lipinski definition) is 2. The highest BCUT2D eigenvalue weighted by Gasteiger charge is 2.40. The summed E-state index contributed by atoms with van der Waals surface area (Å²) in [7, 11) is 0. The molecule has 3 N–H and O–H groups in total. The smallest absolute Gasteiger partial charge is 0.271 e. The average Bonchev–Trinajstić information content (AvgIpc) is 2.14. The lowest BCUT2D eigenvalue weighted by Gasteiger charge is -2.27. The monoisotopic (exact) mass is 210 g/mol. The van der Waals surface area contributed by atoms with Crippen LogP contribution < -0.4 is 11.3 Å². The Labute approximate surface area is 82.0 Å². The molecule has 0 radical (unpaired) electrons. The zero-order valence-electron chi connectivity index (χ0n) is 8.11. The second-order valence-electron chi connectivity index (χ2n) is 4.00. The van der Waals surface area contributed by atoms with Gasteiger partial charge in [-0.1, -0.05) is 32.1 Å². The zero-order chi connectivity index (χ0) is 10.6. The molecule has 1 unspecified atom stereocenters. The Hall–Kier alpha value is -0.290. The zero-order valence-corrected chi connectivity index (χ0v) is 8.11. The molecule has 1 saturated carbocycles. The van der Waals surface area contributed by atoms with Crippen LogP contribution in [-0.2, 0) is 0 Å². The van der Waals surface area contributed by atoms with Gasteiger partial charge < -0.3 is 0 Å². The molecule has 1 aliphatic carbocycles. The van der Waals surface area contributed by atoms with E-state index in [9.17, 15) is 13.2 Å². The molecule has 0 spiro atoms. The van der Waals surface area contributed by atoms with Crippen molar-refractivity contribution in [1.82, 2.24) is 5.43 Å². The van der Waals surface area contributed by atoms with Crippen molar-refractivity contribution < 1.29 is 13.2 Å². The topological polar surface area (TPSA) is 38.0 Å². The number of rotatable bonds is 3. The molecule has 1 fully saturated rings. The van der Waals surface area contributed by atoms with E-state index in [1.54, 1.807) is 0 Å². The lowest BCUT2D eigenvalue weighted by molar-refractivity contribution is -0.160. The maximum absolute atomic E-state index is 12.3. The highest BCUT2D eigenvalue weighted by atomic mass is 19.4. The number of nitrogens with two attached hydrogens (primary N) is 1. The number of hydrogen-bond donors (Lipinski definition) is 2. The van der Waals surface area contributed by atoms with Gasteiger partial charge in [0.2, 0.25) is 0 Å². The van der Waals surface area contributed by atoms with Gasteiger partial charge in [-0.3, -0.25) is 5.84 Å². The van der Waals surface area contributed by atoms with E-state index in [1.807, 2.05) is 5.43 Å². The fourth-order valence-corrected chi connectivity index (χ4v) is 2.05. The molecule has 0 amide bonds. The molecule has 14 heavy (non-hydrogen) atoms. The van der Waals surface area contributed by atoms with Crippen LogP contribution in [0.5, 0.6) is 0 Å². The van der Waals surface area contributed by atoms with Crippen molar-refractivity contribution in [1.29, 1.82) is 0 Å². The van der Waals surface area contributed by atoms with Crippen LogP contribution in [0.15, 0.2) is 0 Å². The van der Waals surface area contributed by atoms with Gasteiger partial charge >= 0.3 is 6.18 Å². The summed E-state index contributed by atoms with van der Waals surface area (Å²) in [5.74, 6) is 5.09. The first-order valence-electron chi connectivity index (χ1n) is 5.07. The number of alkyl halides is 3. The molecule has 1 rings (SSSR count). The number of hydrazine groups is 1. The molecule has 0 bridgehead atoms. The quantitative estimate of drug-likeness (QED) is 0.554. The van der Waals surface area contributed by atoms with Crippen molar-refractivity contribution >= 4 is 0 Å². The lowest BCUT2D eigenvalue weighted by Crippen LogP contribution is -2.47. The van der Waals surface area contributed by atoms with Crippen molar-refractivity contribution in [3.8, 4) is 0 Å². The van der Waals surface area contributed by atoms with Crippen LogP contribution in [0.3, 0.4) is 0 Å². The van der Waals surface area contributed by atoms with Crippen molar-refractivity contribution in [3.63, 3.8) is 0 Å². The van der Waals surface area contributed by atoms with Gasteiger partial charge in [-0.2, -0.15) is 13.2 Å². The van der Waals surface area contributed by atoms with Gasteiger partial charge in [0.1, 0.15) is 6.04 Å². The van der Waals surface area contributed by atoms with E-state index in [-0.39, 0.29) is 12.3 Å². The van der Waals surface area contributed by atoms with Crippen LogP contribution in [-0.4, -0.2) is 12.2 Å². The molecule has 5 heteroatoms. The Morgan fingerprint density at radius 1 is 1.21 bits per heavy atom. The van der Waals surface area contributed by atoms with Gasteiger partial charge in [-0.05, 0) is 12.3 Å². The third-order valence-electron chi connectivity index (χ3n) is 2.89. The molecule has 84 valence electrons. The summed E-state index contributed by atoms with van der Waals surface area (Å²) in [6.45, 7) is 0. The largest absolute Gasteiger partial charge is 0.405 e. The minimum Gasteiger partial charge on any atom is -0.271 e. The first kappa shape index (κ1) is 11.8. The summed E-state index contributed by atoms with van der Waals surface area (Å²) >= 11 is 0. The summed E-state index contributed by atoms with van der Waals surface area (Å²) in [5.41, 5.74) is 1.86. The highest BCUT2D eigenvalue weighted by Crippen LogP contribution is 2.31. The lowest BCUT2D eigenvalue weighted by atomic mass is 9.85. The van der Waals surface area contributed by atoms with E-state index in [2.05, 4.69) is 0 Å². The second-order valence-corrected chi connectivity index (χ2v) is 4.00. The van der Waals surface area contributed by atoms with Crippen LogP contribution in [0.2, 0.25) is 0 Å². The molecule has 0 heterocycles. The Kier molecular flexibility index (Phi) is 4.19. The standard InChI is InChI=1S/C9H17F3N2/c10-9(11,12)8(14-13)6-7-4-2-1-3-5-7/h7-8,14H,1-6,13H2. The van der Waals surface area contributed by atoms with Gasteiger partial charge in [0.25, 0.3) is 0 Å². The van der Waals surface area contributed by atoms with E-state index in [0.29, 0.717) is 0 Å². The van der Waals surface area contributed by atoms with Crippen molar-refractivity contribution in [3.05, 3.63) is 0 Å². The molecule has 0 aliphatic heterocycles. The summed E-state index contributed by atoms with van der Waals surface area (Å²) in [4.78, 5) is 0. The van der Waals surface area contributed by atoms with Crippen molar-refractivity contribution in [2.24, 2.45) is 11.8 Å². The fraction of sp³-hybridized carbons (Fsp3) is 1.00. The van der Waals surface area contributed by atoms with Gasteiger partial charge in [-0.15, -0.1) is 0 Å². The second kappa shape index (κ2) is 4.98. The van der Waals surface area contributed by atoms with Gasteiger partial charge in [-0.25, -0.2) is 5.43 Å². The summed E-state index contributed by atoms with van der Waals surface area (Å²) in [6.07, 6.45) is 0.998. The van der Waals surface area contributed by atoms with Crippen LogP contribution in [0, 0.1) is 5.92 Å². The predicted molar refractivity (Wildman–Crippen MR) is 48.4 cm³/mol. The molecule has 2 nitrogen and oxygen atoms in total. The molecule has 1 aliphatic rings. The summed E-state index contributed by atoms with van der Waals surface area (Å²) in [5, 5.41) is 0. The molecule has 0 aromatic heterocycles. The van der Waals surface area contributed by atoms with E-state index in [4.69, 9.17) is 5.84 Å². The Morgan fingerprint density at radius 3 is 2.21 bits per heavy atom. The Balaban J connectivity index is 2.39. The van der Waals surface area contributed by atoms with Gasteiger partial charge in [0, 0.05) is 0 Å². The third-order valence-corrected chi connectivity index (χ3v) is 2.89. The molecule has 0 aromatic carbocycles. The van der Waals surface area contributed by atoms with Crippen LogP contribution >= 0.6 is 0 Å². The fourth-order valence-electron chi connectivity index (χ4n) is 2.05. The van der Waals surface area contributed by atoms with Crippen molar-refractivity contribution in [2.45, 2.75) is 50.7 Å². The molecule has 0 saturated heterocycles. The number of nitrogens with one attached hydrogen (secondary N) is 1. The molecule has 0 aromatic rings. The summed E-state index contributed by atoms with van der Waals surface area (Å²) < 4.78 is 37.0. The minimum absolute atomic E-state index is 0.125.